The van der Waals surface area contributed by atoms with E-state index in [2.05, 4.69) is 10.6 Å². The highest BCUT2D eigenvalue weighted by Gasteiger charge is 2.19. The van der Waals surface area contributed by atoms with Crippen molar-refractivity contribution in [1.29, 1.82) is 0 Å². The minimum atomic E-state index is -0.431. The maximum absolute atomic E-state index is 11.9. The lowest BCUT2D eigenvalue weighted by molar-refractivity contribution is -0.126. The van der Waals surface area contributed by atoms with Gasteiger partial charge in [-0.2, -0.15) is 0 Å². The first-order valence-electron chi connectivity index (χ1n) is 6.46. The fraction of sp³-hybridized carbons (Fsp3) is 0.692. The number of rotatable bonds is 4. The van der Waals surface area contributed by atoms with Crippen molar-refractivity contribution >= 4 is 11.8 Å². The monoisotopic (exact) mass is 254 g/mol. The smallest absolute Gasteiger partial charge is 0.223 e. The van der Waals surface area contributed by atoms with Gasteiger partial charge in [0.05, 0.1) is 6.10 Å². The zero-order chi connectivity index (χ0) is 13.4. The van der Waals surface area contributed by atoms with Crippen LogP contribution in [-0.4, -0.2) is 36.1 Å². The summed E-state index contributed by atoms with van der Waals surface area (Å²) in [6, 6.07) is 0. The van der Waals surface area contributed by atoms with Gasteiger partial charge in [-0.1, -0.05) is 12.2 Å². The molecular formula is C13H22N2O3. The van der Waals surface area contributed by atoms with Crippen molar-refractivity contribution in [2.75, 3.05) is 13.1 Å². The van der Waals surface area contributed by atoms with Crippen LogP contribution in [0.2, 0.25) is 0 Å². The van der Waals surface area contributed by atoms with Crippen molar-refractivity contribution in [1.82, 2.24) is 10.6 Å². The third kappa shape index (κ3) is 5.82. The van der Waals surface area contributed by atoms with Crippen molar-refractivity contribution < 1.29 is 14.7 Å². The molecule has 5 nitrogen and oxygen atoms in total. The molecule has 0 fully saturated rings. The molecule has 18 heavy (non-hydrogen) atoms. The molecule has 0 heterocycles. The predicted molar refractivity (Wildman–Crippen MR) is 68.8 cm³/mol. The molecule has 1 rings (SSSR count). The lowest BCUT2D eigenvalue weighted by Gasteiger charge is -2.19. The Labute approximate surface area is 108 Å². The molecule has 0 spiro atoms. The average molecular weight is 254 g/mol. The van der Waals surface area contributed by atoms with Gasteiger partial charge in [0.25, 0.3) is 0 Å². The van der Waals surface area contributed by atoms with Gasteiger partial charge in [-0.05, 0) is 25.7 Å². The molecule has 3 N–H and O–H groups in total. The summed E-state index contributed by atoms with van der Waals surface area (Å²) in [5.74, 6) is -0.117. The Bertz CT molecular complexity index is 315. The zero-order valence-electron chi connectivity index (χ0n) is 10.8. The van der Waals surface area contributed by atoms with Gasteiger partial charge in [0.2, 0.25) is 11.8 Å². The van der Waals surface area contributed by atoms with Crippen molar-refractivity contribution in [3.8, 4) is 0 Å². The second kappa shape index (κ2) is 7.87. The summed E-state index contributed by atoms with van der Waals surface area (Å²) in [7, 11) is 0. The minimum absolute atomic E-state index is 0.0165. The summed E-state index contributed by atoms with van der Waals surface area (Å²) >= 11 is 0. The number of carbonyl (C=O) groups excluding carboxylic acids is 2. The summed E-state index contributed by atoms with van der Waals surface area (Å²) < 4.78 is 0. The molecule has 2 amide bonds. The van der Waals surface area contributed by atoms with Crippen LogP contribution in [0.25, 0.3) is 0 Å². The Morgan fingerprint density at radius 3 is 2.67 bits per heavy atom. The van der Waals surface area contributed by atoms with E-state index < -0.39 is 6.10 Å². The molecular weight excluding hydrogens is 232 g/mol. The largest absolute Gasteiger partial charge is 0.389 e. The lowest BCUT2D eigenvalue weighted by Crippen LogP contribution is -2.37. The standard InChI is InChI=1S/C13H22N2O3/c1-10(16)14-8-9-15-13(18)11-4-2-3-5-12(17)7-6-11/h3,5,11-12,17H,2,4,6-9H2,1H3,(H,14,16)(H,15,18)/b5-3+/t11-,12?/m0/s1. The van der Waals surface area contributed by atoms with Crippen molar-refractivity contribution in [3.05, 3.63) is 12.2 Å². The summed E-state index contributed by atoms with van der Waals surface area (Å²) in [5, 5.41) is 15.0. The zero-order valence-corrected chi connectivity index (χ0v) is 10.8. The number of hydrogen-bond donors (Lipinski definition) is 3. The number of allylic oxidation sites excluding steroid dienone is 1. The van der Waals surface area contributed by atoms with Crippen LogP contribution in [0.15, 0.2) is 12.2 Å². The second-order valence-electron chi connectivity index (χ2n) is 4.62. The number of aliphatic hydroxyl groups is 1. The van der Waals surface area contributed by atoms with Gasteiger partial charge in [0.1, 0.15) is 0 Å². The molecule has 0 saturated heterocycles. The Morgan fingerprint density at radius 1 is 1.22 bits per heavy atom. The molecule has 0 bridgehead atoms. The molecule has 0 radical (unpaired) electrons. The van der Waals surface area contributed by atoms with Gasteiger partial charge in [-0.25, -0.2) is 0 Å². The third-order valence-corrected chi connectivity index (χ3v) is 3.02. The highest BCUT2D eigenvalue weighted by atomic mass is 16.3. The maximum Gasteiger partial charge on any atom is 0.223 e. The van der Waals surface area contributed by atoms with Crippen LogP contribution in [0, 0.1) is 5.92 Å². The SMILES string of the molecule is CC(=O)NCCNC(=O)[C@H]1CC/C=C/C(O)CC1. The summed E-state index contributed by atoms with van der Waals surface area (Å²) in [6.45, 7) is 2.36. The topological polar surface area (TPSA) is 78.4 Å². The molecule has 2 atom stereocenters. The van der Waals surface area contributed by atoms with E-state index in [0.717, 1.165) is 12.8 Å². The van der Waals surface area contributed by atoms with Crippen LogP contribution in [0.5, 0.6) is 0 Å². The minimum Gasteiger partial charge on any atom is -0.389 e. The van der Waals surface area contributed by atoms with E-state index in [0.29, 0.717) is 25.9 Å². The summed E-state index contributed by atoms with van der Waals surface area (Å²) in [6.07, 6.45) is 6.26. The molecule has 1 aliphatic carbocycles. The number of carbonyl (C=O) groups is 2. The lowest BCUT2D eigenvalue weighted by atomic mass is 9.92. The van der Waals surface area contributed by atoms with E-state index >= 15 is 0 Å². The molecule has 0 aromatic rings. The van der Waals surface area contributed by atoms with Crippen molar-refractivity contribution in [2.24, 2.45) is 5.92 Å². The summed E-state index contributed by atoms with van der Waals surface area (Å²) in [5.41, 5.74) is 0. The fourth-order valence-electron chi connectivity index (χ4n) is 1.99. The highest BCUT2D eigenvalue weighted by Crippen LogP contribution is 2.19. The normalized spacial score (nSPS) is 25.7. The van der Waals surface area contributed by atoms with E-state index in [1.165, 1.54) is 6.92 Å². The van der Waals surface area contributed by atoms with Crippen LogP contribution >= 0.6 is 0 Å². The van der Waals surface area contributed by atoms with Crippen LogP contribution in [0.4, 0.5) is 0 Å². The Hall–Kier alpha value is -1.36. The van der Waals surface area contributed by atoms with Crippen LogP contribution in [-0.2, 0) is 9.59 Å². The number of aliphatic hydroxyl groups excluding tert-OH is 1. The second-order valence-corrected chi connectivity index (χ2v) is 4.62. The molecule has 1 unspecified atom stereocenters. The van der Waals surface area contributed by atoms with E-state index in [9.17, 15) is 14.7 Å². The van der Waals surface area contributed by atoms with Crippen LogP contribution in [0.3, 0.4) is 0 Å². The van der Waals surface area contributed by atoms with E-state index in [-0.39, 0.29) is 17.7 Å². The van der Waals surface area contributed by atoms with Gasteiger partial charge in [0.15, 0.2) is 0 Å². The Morgan fingerprint density at radius 2 is 1.94 bits per heavy atom. The summed E-state index contributed by atoms with van der Waals surface area (Å²) in [4.78, 5) is 22.5. The first kappa shape index (κ1) is 14.7. The van der Waals surface area contributed by atoms with Crippen molar-refractivity contribution in [3.63, 3.8) is 0 Å². The highest BCUT2D eigenvalue weighted by molar-refractivity contribution is 5.78. The molecule has 1 aliphatic rings. The number of hydrogen-bond acceptors (Lipinski definition) is 3. The Balaban J connectivity index is 2.27. The predicted octanol–water partition coefficient (Wildman–Crippen LogP) is 0.346. The van der Waals surface area contributed by atoms with Gasteiger partial charge >= 0.3 is 0 Å². The third-order valence-electron chi connectivity index (χ3n) is 3.02. The number of nitrogens with one attached hydrogen (secondary N) is 2. The molecule has 5 heteroatoms. The first-order valence-corrected chi connectivity index (χ1v) is 6.46. The quantitative estimate of drug-likeness (QED) is 0.500. The van der Waals surface area contributed by atoms with Gasteiger partial charge < -0.3 is 15.7 Å². The van der Waals surface area contributed by atoms with E-state index in [1.54, 1.807) is 6.08 Å². The van der Waals surface area contributed by atoms with E-state index in [4.69, 9.17) is 0 Å². The van der Waals surface area contributed by atoms with Gasteiger partial charge in [-0.3, -0.25) is 9.59 Å². The maximum atomic E-state index is 11.9. The van der Waals surface area contributed by atoms with Crippen LogP contribution < -0.4 is 10.6 Å². The van der Waals surface area contributed by atoms with Crippen LogP contribution in [0.1, 0.15) is 32.6 Å². The fourth-order valence-corrected chi connectivity index (χ4v) is 1.99. The molecule has 0 aromatic carbocycles. The number of amides is 2. The first-order chi connectivity index (χ1) is 8.59. The molecule has 102 valence electrons. The molecule has 0 saturated carbocycles. The Kier molecular flexibility index (Phi) is 6.43. The van der Waals surface area contributed by atoms with Gasteiger partial charge in [-0.15, -0.1) is 0 Å². The van der Waals surface area contributed by atoms with Gasteiger partial charge in [0, 0.05) is 25.9 Å². The molecule has 0 aliphatic heterocycles. The average Bonchev–Trinajstić information content (AvgIpc) is 2.29. The van der Waals surface area contributed by atoms with E-state index in [1.807, 2.05) is 6.08 Å². The van der Waals surface area contributed by atoms with Crippen molar-refractivity contribution in [2.45, 2.75) is 38.7 Å². The molecule has 0 aromatic heterocycles.